The van der Waals surface area contributed by atoms with Crippen LogP contribution in [0.1, 0.15) is 44.4 Å². The number of carbonyl (C=O) groups is 1. The van der Waals surface area contributed by atoms with E-state index in [-0.39, 0.29) is 11.9 Å². The minimum absolute atomic E-state index is 0.124. The molecule has 3 fully saturated rings. The Labute approximate surface area is 155 Å². The van der Waals surface area contributed by atoms with Gasteiger partial charge in [0.15, 0.2) is 17.5 Å². The molecule has 144 valence electrons. The average Bonchev–Trinajstić information content (AvgIpc) is 3.20. The zero-order valence-corrected chi connectivity index (χ0v) is 14.9. The number of rotatable bonds is 3. The fourth-order valence-corrected chi connectivity index (χ4v) is 4.71. The lowest BCUT2D eigenvalue weighted by molar-refractivity contribution is -0.161. The molecule has 0 radical (unpaired) electrons. The van der Waals surface area contributed by atoms with Gasteiger partial charge in [0, 0.05) is 0 Å². The van der Waals surface area contributed by atoms with Gasteiger partial charge in [-0.05, 0) is 31.9 Å². The number of carbonyl (C=O) groups excluding carboxylic acids is 1. The third kappa shape index (κ3) is 2.07. The van der Waals surface area contributed by atoms with Crippen molar-refractivity contribution in [2.75, 3.05) is 5.73 Å². The van der Waals surface area contributed by atoms with Crippen molar-refractivity contribution in [3.8, 4) is 0 Å². The number of hydrogen-bond acceptors (Lipinski definition) is 8. The fourth-order valence-electron chi connectivity index (χ4n) is 4.71. The van der Waals surface area contributed by atoms with E-state index in [1.165, 1.54) is 10.8 Å². The molecule has 1 saturated heterocycles. The van der Waals surface area contributed by atoms with Gasteiger partial charge in [0.25, 0.3) is 0 Å². The van der Waals surface area contributed by atoms with E-state index in [9.17, 15) is 15.0 Å². The highest BCUT2D eigenvalue weighted by atomic mass is 16.6. The maximum atomic E-state index is 12.3. The minimum atomic E-state index is -1.64. The lowest BCUT2D eigenvalue weighted by atomic mass is 10.0. The Morgan fingerprint density at radius 3 is 2.81 bits per heavy atom. The number of aromatic nitrogens is 3. The first-order valence-electron chi connectivity index (χ1n) is 9.25. The van der Waals surface area contributed by atoms with Crippen LogP contribution in [0.4, 0.5) is 5.82 Å². The summed E-state index contributed by atoms with van der Waals surface area (Å²) in [6.07, 6.45) is 2.00. The van der Waals surface area contributed by atoms with Crippen LogP contribution in [-0.4, -0.2) is 54.2 Å². The van der Waals surface area contributed by atoms with Crippen molar-refractivity contribution in [3.63, 3.8) is 0 Å². The summed E-state index contributed by atoms with van der Waals surface area (Å²) in [5.74, 6) is -0.134. The Kier molecular flexibility index (Phi) is 3.38. The van der Waals surface area contributed by atoms with Gasteiger partial charge in [-0.1, -0.05) is 12.8 Å². The molecule has 3 aliphatic rings. The second-order valence-corrected chi connectivity index (χ2v) is 7.91. The summed E-state index contributed by atoms with van der Waals surface area (Å²) in [6.45, 7) is 1.65. The Bertz CT molecular complexity index is 926. The highest BCUT2D eigenvalue weighted by molar-refractivity contribution is 5.74. The van der Waals surface area contributed by atoms with Gasteiger partial charge in [0.2, 0.25) is 0 Å². The lowest BCUT2D eigenvalue weighted by Crippen LogP contribution is -2.36. The fraction of sp³-hybridized carbons (Fsp3) is 0.611. The zero-order chi connectivity index (χ0) is 19.0. The van der Waals surface area contributed by atoms with Gasteiger partial charge in [-0.2, -0.15) is 5.10 Å². The number of anilines is 1. The molecule has 0 spiro atoms. The SMILES string of the molecule is CC12OC(c3ccc4c(N)ncnn34)C(O)C1(O)C2OC(=O)C1CCCC1. The van der Waals surface area contributed by atoms with Crippen LogP contribution in [0.5, 0.6) is 0 Å². The van der Waals surface area contributed by atoms with Crippen molar-refractivity contribution >= 4 is 17.3 Å². The van der Waals surface area contributed by atoms with Crippen LogP contribution >= 0.6 is 0 Å². The second kappa shape index (κ2) is 5.40. The first kappa shape index (κ1) is 16.9. The smallest absolute Gasteiger partial charge is 0.309 e. The normalized spacial score (nSPS) is 38.3. The highest BCUT2D eigenvalue weighted by Crippen LogP contribution is 2.64. The first-order chi connectivity index (χ1) is 12.9. The summed E-state index contributed by atoms with van der Waals surface area (Å²) in [5, 5.41) is 26.0. The molecule has 5 unspecified atom stereocenters. The molecule has 4 N–H and O–H groups in total. The summed E-state index contributed by atoms with van der Waals surface area (Å²) in [4.78, 5) is 16.3. The maximum Gasteiger partial charge on any atom is 0.309 e. The summed E-state index contributed by atoms with van der Waals surface area (Å²) in [6, 6.07) is 3.46. The van der Waals surface area contributed by atoms with E-state index in [2.05, 4.69) is 10.1 Å². The Morgan fingerprint density at radius 1 is 1.41 bits per heavy atom. The molecule has 5 rings (SSSR count). The molecule has 2 saturated carbocycles. The van der Waals surface area contributed by atoms with Crippen molar-refractivity contribution in [3.05, 3.63) is 24.2 Å². The molecule has 3 heterocycles. The number of nitrogens with zero attached hydrogens (tertiary/aromatic N) is 3. The van der Waals surface area contributed by atoms with Crippen LogP contribution in [0.25, 0.3) is 5.52 Å². The third-order valence-electron chi connectivity index (χ3n) is 6.45. The minimum Gasteiger partial charge on any atom is -0.456 e. The van der Waals surface area contributed by atoms with Crippen LogP contribution in [0.15, 0.2) is 18.5 Å². The van der Waals surface area contributed by atoms with E-state index in [0.29, 0.717) is 17.0 Å². The number of ether oxygens (including phenoxy) is 2. The predicted octanol–water partition coefficient (Wildman–Crippen LogP) is 0.349. The standard InChI is InChI=1S/C18H22N4O5/c1-17-16(26-15(24)9-4-2-3-5-9)18(17,25)13(23)12(27-17)10-6-7-11-14(19)20-8-21-22(10)11/h6-9,12-13,16,23,25H,2-5H2,1H3,(H2,19,20,21). The third-order valence-corrected chi connectivity index (χ3v) is 6.45. The van der Waals surface area contributed by atoms with Crippen LogP contribution in [0, 0.1) is 5.92 Å². The van der Waals surface area contributed by atoms with Gasteiger partial charge in [0.1, 0.15) is 29.7 Å². The summed E-state index contributed by atoms with van der Waals surface area (Å²) in [7, 11) is 0. The molecule has 2 aliphatic carbocycles. The van der Waals surface area contributed by atoms with Crippen molar-refractivity contribution in [1.29, 1.82) is 0 Å². The molecular formula is C18H22N4O5. The number of nitrogen functional groups attached to an aromatic ring is 1. The lowest BCUT2D eigenvalue weighted by Gasteiger charge is -2.23. The van der Waals surface area contributed by atoms with E-state index in [1.54, 1.807) is 19.1 Å². The molecule has 0 aromatic carbocycles. The Balaban J connectivity index is 1.40. The molecule has 0 bridgehead atoms. The van der Waals surface area contributed by atoms with Crippen LogP contribution in [0.3, 0.4) is 0 Å². The number of aliphatic hydroxyl groups is 2. The molecule has 2 aromatic rings. The van der Waals surface area contributed by atoms with Crippen molar-refractivity contribution in [2.24, 2.45) is 5.92 Å². The summed E-state index contributed by atoms with van der Waals surface area (Å²) < 4.78 is 13.1. The van der Waals surface area contributed by atoms with Gasteiger partial charge >= 0.3 is 5.97 Å². The highest BCUT2D eigenvalue weighted by Gasteiger charge is 2.87. The van der Waals surface area contributed by atoms with Gasteiger partial charge in [-0.3, -0.25) is 4.79 Å². The van der Waals surface area contributed by atoms with Gasteiger partial charge < -0.3 is 25.4 Å². The van der Waals surface area contributed by atoms with E-state index < -0.39 is 29.5 Å². The Morgan fingerprint density at radius 2 is 2.15 bits per heavy atom. The molecule has 2 aromatic heterocycles. The zero-order valence-electron chi connectivity index (χ0n) is 14.9. The number of hydrogen-bond donors (Lipinski definition) is 3. The summed E-state index contributed by atoms with van der Waals surface area (Å²) in [5.41, 5.74) is 4.18. The quantitative estimate of drug-likeness (QED) is 0.656. The number of fused-ring (bicyclic) bond motifs is 2. The van der Waals surface area contributed by atoms with E-state index >= 15 is 0 Å². The number of aliphatic hydroxyl groups excluding tert-OH is 1. The molecule has 5 atom stereocenters. The predicted molar refractivity (Wildman–Crippen MR) is 92.4 cm³/mol. The average molecular weight is 374 g/mol. The van der Waals surface area contributed by atoms with E-state index in [1.807, 2.05) is 0 Å². The molecule has 9 heteroatoms. The van der Waals surface area contributed by atoms with Crippen LogP contribution < -0.4 is 5.73 Å². The van der Waals surface area contributed by atoms with Crippen molar-refractivity contribution in [1.82, 2.24) is 14.6 Å². The number of esters is 1. The summed E-state index contributed by atoms with van der Waals surface area (Å²) >= 11 is 0. The molecule has 9 nitrogen and oxygen atoms in total. The van der Waals surface area contributed by atoms with Crippen LogP contribution in [0.2, 0.25) is 0 Å². The molecule has 0 amide bonds. The van der Waals surface area contributed by atoms with Gasteiger partial charge in [-0.15, -0.1) is 0 Å². The van der Waals surface area contributed by atoms with Crippen molar-refractivity contribution < 1.29 is 24.5 Å². The Hall–Kier alpha value is -2.23. The first-order valence-corrected chi connectivity index (χ1v) is 9.25. The van der Waals surface area contributed by atoms with E-state index in [0.717, 1.165) is 25.7 Å². The monoisotopic (exact) mass is 374 g/mol. The van der Waals surface area contributed by atoms with Gasteiger partial charge in [0.05, 0.1) is 11.6 Å². The molecule has 27 heavy (non-hydrogen) atoms. The number of nitrogens with two attached hydrogens (primary N) is 1. The largest absolute Gasteiger partial charge is 0.456 e. The van der Waals surface area contributed by atoms with Gasteiger partial charge in [-0.25, -0.2) is 9.50 Å². The topological polar surface area (TPSA) is 132 Å². The second-order valence-electron chi connectivity index (χ2n) is 7.91. The van der Waals surface area contributed by atoms with Crippen LogP contribution in [-0.2, 0) is 14.3 Å². The molecule has 1 aliphatic heterocycles. The van der Waals surface area contributed by atoms with Crippen molar-refractivity contribution in [2.45, 2.75) is 62.1 Å². The molecular weight excluding hydrogens is 352 g/mol. The van der Waals surface area contributed by atoms with E-state index in [4.69, 9.17) is 15.2 Å². The maximum absolute atomic E-state index is 12.3.